The second kappa shape index (κ2) is 7.60. The van der Waals surface area contributed by atoms with Gasteiger partial charge in [-0.2, -0.15) is 0 Å². The second-order valence-corrected chi connectivity index (χ2v) is 6.79. The van der Waals surface area contributed by atoms with Gasteiger partial charge in [0, 0.05) is 5.56 Å². The van der Waals surface area contributed by atoms with Crippen LogP contribution in [-0.4, -0.2) is 24.9 Å². The van der Waals surface area contributed by atoms with E-state index in [0.29, 0.717) is 30.3 Å². The molecule has 1 amide bonds. The van der Waals surface area contributed by atoms with Gasteiger partial charge in [-0.15, -0.1) is 0 Å². The average molecular weight is 353 g/mol. The fourth-order valence-corrected chi connectivity index (χ4v) is 2.93. The minimum atomic E-state index is -0.609. The third-order valence-corrected chi connectivity index (χ3v) is 4.40. The van der Waals surface area contributed by atoms with Crippen LogP contribution >= 0.6 is 0 Å². The number of aryl methyl sites for hydroxylation is 1. The lowest BCUT2D eigenvalue weighted by Gasteiger charge is -2.25. The Morgan fingerprint density at radius 1 is 0.962 bits per heavy atom. The van der Waals surface area contributed by atoms with E-state index in [2.05, 4.69) is 5.32 Å². The summed E-state index contributed by atoms with van der Waals surface area (Å²) in [6.45, 7) is 6.96. The molecule has 26 heavy (non-hydrogen) atoms. The van der Waals surface area contributed by atoms with Crippen molar-refractivity contribution in [2.45, 2.75) is 26.8 Å². The predicted octanol–water partition coefficient (Wildman–Crippen LogP) is 3.46. The van der Waals surface area contributed by atoms with Crippen LogP contribution in [0.2, 0.25) is 0 Å². The van der Waals surface area contributed by atoms with Crippen LogP contribution in [0.4, 0.5) is 0 Å². The van der Waals surface area contributed by atoms with Gasteiger partial charge in [-0.25, -0.2) is 0 Å². The highest BCUT2D eigenvalue weighted by Crippen LogP contribution is 2.34. The summed E-state index contributed by atoms with van der Waals surface area (Å²) >= 11 is 0. The van der Waals surface area contributed by atoms with Crippen LogP contribution in [0.5, 0.6) is 11.5 Å². The van der Waals surface area contributed by atoms with Crippen LogP contribution in [0.15, 0.2) is 42.5 Å². The first kappa shape index (κ1) is 18.0. The van der Waals surface area contributed by atoms with Crippen molar-refractivity contribution >= 4 is 11.7 Å². The number of carbonyl (C=O) groups is 2. The Balaban J connectivity index is 1.79. The van der Waals surface area contributed by atoms with Crippen molar-refractivity contribution in [2.75, 3.05) is 13.2 Å². The molecule has 1 N–H and O–H groups in total. The maximum atomic E-state index is 12.5. The number of fused-ring (bicyclic) bond motifs is 1. The van der Waals surface area contributed by atoms with E-state index in [1.165, 1.54) is 0 Å². The van der Waals surface area contributed by atoms with Crippen molar-refractivity contribution in [2.24, 2.45) is 5.92 Å². The van der Waals surface area contributed by atoms with Gasteiger partial charge in [0.05, 0.1) is 6.04 Å². The topological polar surface area (TPSA) is 64.6 Å². The largest absolute Gasteiger partial charge is 0.486 e. The minimum Gasteiger partial charge on any atom is -0.486 e. The summed E-state index contributed by atoms with van der Waals surface area (Å²) in [5.74, 6) is 0.325. The summed E-state index contributed by atoms with van der Waals surface area (Å²) < 4.78 is 11.2. The molecule has 3 rings (SSSR count). The van der Waals surface area contributed by atoms with E-state index in [-0.39, 0.29) is 12.0 Å². The van der Waals surface area contributed by atoms with Crippen molar-refractivity contribution in [3.63, 3.8) is 0 Å². The van der Waals surface area contributed by atoms with E-state index in [1.807, 2.05) is 51.1 Å². The first-order valence-electron chi connectivity index (χ1n) is 8.77. The lowest BCUT2D eigenvalue weighted by molar-refractivity contribution is -0.118. The number of ketones is 1. The van der Waals surface area contributed by atoms with Gasteiger partial charge < -0.3 is 14.8 Å². The highest BCUT2D eigenvalue weighted by Gasteiger charge is 2.25. The smallest absolute Gasteiger partial charge is 0.292 e. The van der Waals surface area contributed by atoms with E-state index in [0.717, 1.165) is 11.1 Å². The highest BCUT2D eigenvalue weighted by atomic mass is 16.6. The highest BCUT2D eigenvalue weighted by molar-refractivity contribution is 6.42. The SMILES string of the molecule is Cc1ccc(C(=O)C(=O)NC(c2ccc3c(c2)OCCO3)C(C)C)cc1. The number of hydrogen-bond donors (Lipinski definition) is 1. The number of benzene rings is 2. The molecule has 5 heteroatoms. The maximum Gasteiger partial charge on any atom is 0.292 e. The molecule has 1 atom stereocenters. The number of Topliss-reactive ketones (excluding diaryl/α,β-unsaturated/α-hetero) is 1. The zero-order chi connectivity index (χ0) is 18.7. The summed E-state index contributed by atoms with van der Waals surface area (Å²) in [5.41, 5.74) is 2.31. The molecule has 0 aromatic heterocycles. The van der Waals surface area contributed by atoms with Gasteiger partial charge in [-0.1, -0.05) is 49.7 Å². The quantitative estimate of drug-likeness (QED) is 0.660. The normalized spacial score (nSPS) is 14.0. The summed E-state index contributed by atoms with van der Waals surface area (Å²) in [6.07, 6.45) is 0. The molecule has 2 aromatic rings. The van der Waals surface area contributed by atoms with Gasteiger partial charge in [0.1, 0.15) is 13.2 Å². The minimum absolute atomic E-state index is 0.104. The van der Waals surface area contributed by atoms with Gasteiger partial charge in [-0.3, -0.25) is 9.59 Å². The molecule has 0 aliphatic carbocycles. The summed E-state index contributed by atoms with van der Waals surface area (Å²) in [5, 5.41) is 2.87. The van der Waals surface area contributed by atoms with Crippen molar-refractivity contribution < 1.29 is 19.1 Å². The number of ether oxygens (including phenoxy) is 2. The van der Waals surface area contributed by atoms with Gasteiger partial charge in [0.25, 0.3) is 5.91 Å². The molecule has 5 nitrogen and oxygen atoms in total. The van der Waals surface area contributed by atoms with Crippen molar-refractivity contribution in [3.8, 4) is 11.5 Å². The Kier molecular flexibility index (Phi) is 5.26. The van der Waals surface area contributed by atoms with Crippen LogP contribution in [0, 0.1) is 12.8 Å². The van der Waals surface area contributed by atoms with Crippen LogP contribution in [0.1, 0.15) is 41.4 Å². The van der Waals surface area contributed by atoms with Crippen LogP contribution in [0.3, 0.4) is 0 Å². The Labute approximate surface area is 153 Å². The molecule has 0 saturated carbocycles. The van der Waals surface area contributed by atoms with Crippen LogP contribution in [0.25, 0.3) is 0 Å². The molecule has 1 heterocycles. The molecule has 0 spiro atoms. The number of amides is 1. The number of nitrogens with one attached hydrogen (secondary N) is 1. The van der Waals surface area contributed by atoms with E-state index >= 15 is 0 Å². The molecule has 1 aliphatic rings. The van der Waals surface area contributed by atoms with Gasteiger partial charge >= 0.3 is 0 Å². The van der Waals surface area contributed by atoms with Gasteiger partial charge in [-0.05, 0) is 30.5 Å². The molecule has 0 saturated heterocycles. The third kappa shape index (κ3) is 3.87. The Bertz CT molecular complexity index is 811. The van der Waals surface area contributed by atoms with Crippen molar-refractivity contribution in [3.05, 3.63) is 59.2 Å². The van der Waals surface area contributed by atoms with E-state index in [1.54, 1.807) is 12.1 Å². The van der Waals surface area contributed by atoms with Crippen LogP contribution in [-0.2, 0) is 4.79 Å². The van der Waals surface area contributed by atoms with Crippen molar-refractivity contribution in [1.29, 1.82) is 0 Å². The summed E-state index contributed by atoms with van der Waals surface area (Å²) in [7, 11) is 0. The monoisotopic (exact) mass is 353 g/mol. The first-order chi connectivity index (χ1) is 12.5. The lowest BCUT2D eigenvalue weighted by atomic mass is 9.95. The molecule has 0 bridgehead atoms. The maximum absolute atomic E-state index is 12.5. The standard InChI is InChI=1S/C21H23NO4/c1-13(2)19(16-8-9-17-18(12-16)26-11-10-25-17)22-21(24)20(23)15-6-4-14(3)5-7-15/h4-9,12-13,19H,10-11H2,1-3H3,(H,22,24). The zero-order valence-electron chi connectivity index (χ0n) is 15.2. The lowest BCUT2D eigenvalue weighted by Crippen LogP contribution is -2.36. The Morgan fingerprint density at radius 3 is 2.27 bits per heavy atom. The molecular formula is C21H23NO4. The Hall–Kier alpha value is -2.82. The fraction of sp³-hybridized carbons (Fsp3) is 0.333. The predicted molar refractivity (Wildman–Crippen MR) is 98.7 cm³/mol. The number of hydrogen-bond acceptors (Lipinski definition) is 4. The molecule has 1 aliphatic heterocycles. The molecule has 0 radical (unpaired) electrons. The molecule has 2 aromatic carbocycles. The van der Waals surface area contributed by atoms with E-state index in [4.69, 9.17) is 9.47 Å². The Morgan fingerprint density at radius 2 is 1.62 bits per heavy atom. The number of carbonyl (C=O) groups excluding carboxylic acids is 2. The molecule has 0 fully saturated rings. The van der Waals surface area contributed by atoms with Gasteiger partial charge in [0.15, 0.2) is 11.5 Å². The summed E-state index contributed by atoms with van der Waals surface area (Å²) in [6, 6.07) is 12.3. The summed E-state index contributed by atoms with van der Waals surface area (Å²) in [4.78, 5) is 24.9. The average Bonchev–Trinajstić information content (AvgIpc) is 2.65. The van der Waals surface area contributed by atoms with Gasteiger partial charge in [0.2, 0.25) is 5.78 Å². The van der Waals surface area contributed by atoms with Crippen LogP contribution < -0.4 is 14.8 Å². The second-order valence-electron chi connectivity index (χ2n) is 6.79. The van der Waals surface area contributed by atoms with Crippen molar-refractivity contribution in [1.82, 2.24) is 5.32 Å². The third-order valence-electron chi connectivity index (χ3n) is 4.40. The molecule has 1 unspecified atom stereocenters. The first-order valence-corrected chi connectivity index (χ1v) is 8.77. The van der Waals surface area contributed by atoms with E-state index < -0.39 is 11.7 Å². The molecular weight excluding hydrogens is 330 g/mol. The fourth-order valence-electron chi connectivity index (χ4n) is 2.93. The number of rotatable bonds is 5. The van der Waals surface area contributed by atoms with E-state index in [9.17, 15) is 9.59 Å². The zero-order valence-corrected chi connectivity index (χ0v) is 15.2. The molecule has 136 valence electrons.